The Labute approximate surface area is 175 Å². The lowest BCUT2D eigenvalue weighted by atomic mass is 10.00. The third kappa shape index (κ3) is 5.58. The molecule has 1 atom stereocenters. The number of fused-ring (bicyclic) bond motifs is 1. The monoisotopic (exact) mass is 421 g/mol. The fourth-order valence-corrected chi connectivity index (χ4v) is 5.46. The number of benzene rings is 1. The van der Waals surface area contributed by atoms with Crippen LogP contribution in [0.2, 0.25) is 0 Å². The van der Waals surface area contributed by atoms with Gasteiger partial charge in [-0.05, 0) is 49.7 Å². The van der Waals surface area contributed by atoms with E-state index in [1.54, 1.807) is 8.61 Å². The van der Waals surface area contributed by atoms with Crippen LogP contribution in [0.15, 0.2) is 28.7 Å². The average molecular weight is 422 g/mol. The Bertz CT molecular complexity index is 847. The molecule has 1 aromatic heterocycles. The van der Waals surface area contributed by atoms with E-state index in [1.165, 1.54) is 0 Å². The number of aromatic nitrogens is 1. The predicted molar refractivity (Wildman–Crippen MR) is 117 cm³/mol. The summed E-state index contributed by atoms with van der Waals surface area (Å²) in [7, 11) is -3.49. The molecule has 2 aromatic rings. The molecule has 0 saturated carbocycles. The lowest BCUT2D eigenvalue weighted by Gasteiger charge is -2.35. The SMILES string of the molecule is CC(C)CCN(CCC(C)C)S(=O)(=O)N1CCCC(c2nc3ccccc3o2)C1. The molecule has 1 aromatic carbocycles. The minimum absolute atomic E-state index is 0.00275. The van der Waals surface area contributed by atoms with Crippen LogP contribution in [0.4, 0.5) is 0 Å². The van der Waals surface area contributed by atoms with Gasteiger partial charge in [-0.3, -0.25) is 0 Å². The van der Waals surface area contributed by atoms with Crippen molar-refractivity contribution >= 4 is 21.3 Å². The molecule has 1 saturated heterocycles. The van der Waals surface area contributed by atoms with Crippen molar-refractivity contribution in [2.75, 3.05) is 26.2 Å². The minimum Gasteiger partial charge on any atom is -0.440 e. The maximum atomic E-state index is 13.5. The summed E-state index contributed by atoms with van der Waals surface area (Å²) in [6.45, 7) is 10.7. The van der Waals surface area contributed by atoms with Crippen LogP contribution in [0.5, 0.6) is 0 Å². The lowest BCUT2D eigenvalue weighted by Crippen LogP contribution is -2.48. The van der Waals surface area contributed by atoms with Crippen LogP contribution in [0.25, 0.3) is 11.1 Å². The summed E-state index contributed by atoms with van der Waals surface area (Å²) in [5.41, 5.74) is 1.59. The van der Waals surface area contributed by atoms with Gasteiger partial charge >= 0.3 is 0 Å². The molecule has 0 spiro atoms. The second-order valence-electron chi connectivity index (χ2n) is 8.99. The molecule has 1 unspecified atom stereocenters. The Hall–Kier alpha value is -1.44. The smallest absolute Gasteiger partial charge is 0.281 e. The molecule has 2 heterocycles. The molecule has 7 heteroatoms. The summed E-state index contributed by atoms with van der Waals surface area (Å²) in [4.78, 5) is 4.62. The molecule has 0 bridgehead atoms. The van der Waals surface area contributed by atoms with E-state index in [4.69, 9.17) is 4.42 Å². The van der Waals surface area contributed by atoms with E-state index in [1.807, 2.05) is 24.3 Å². The Balaban J connectivity index is 1.76. The third-order valence-electron chi connectivity index (χ3n) is 5.61. The van der Waals surface area contributed by atoms with Gasteiger partial charge in [0.05, 0.1) is 0 Å². The standard InChI is InChI=1S/C22H35N3O3S/c1-17(2)11-14-24(15-12-18(3)4)29(26,27)25-13-7-8-19(16-25)22-23-20-9-5-6-10-21(20)28-22/h5-6,9-10,17-19H,7-8,11-16H2,1-4H3. The Morgan fingerprint density at radius 1 is 1.14 bits per heavy atom. The van der Waals surface area contributed by atoms with Gasteiger partial charge in [-0.25, -0.2) is 4.98 Å². The van der Waals surface area contributed by atoms with Crippen molar-refractivity contribution in [1.29, 1.82) is 0 Å². The van der Waals surface area contributed by atoms with Crippen molar-refractivity contribution < 1.29 is 12.8 Å². The fourth-order valence-electron chi connectivity index (χ4n) is 3.73. The molecule has 0 amide bonds. The van der Waals surface area contributed by atoms with Crippen LogP contribution >= 0.6 is 0 Å². The van der Waals surface area contributed by atoms with Crippen molar-refractivity contribution in [3.05, 3.63) is 30.2 Å². The van der Waals surface area contributed by atoms with Gasteiger partial charge in [-0.15, -0.1) is 0 Å². The number of oxazole rings is 1. The minimum atomic E-state index is -3.49. The number of para-hydroxylation sites is 2. The topological polar surface area (TPSA) is 66.7 Å². The molecule has 0 radical (unpaired) electrons. The second kappa shape index (κ2) is 9.58. The van der Waals surface area contributed by atoms with Gasteiger partial charge in [0, 0.05) is 32.1 Å². The van der Waals surface area contributed by atoms with Crippen LogP contribution in [-0.2, 0) is 10.2 Å². The molecule has 1 aliphatic rings. The second-order valence-corrected chi connectivity index (χ2v) is 10.9. The fraction of sp³-hybridized carbons (Fsp3) is 0.682. The number of nitrogens with zero attached hydrogens (tertiary/aromatic N) is 3. The van der Waals surface area contributed by atoms with E-state index >= 15 is 0 Å². The van der Waals surface area contributed by atoms with Crippen molar-refractivity contribution in [1.82, 2.24) is 13.6 Å². The molecule has 1 fully saturated rings. The quantitative estimate of drug-likeness (QED) is 0.591. The van der Waals surface area contributed by atoms with E-state index in [9.17, 15) is 8.42 Å². The Morgan fingerprint density at radius 3 is 2.41 bits per heavy atom. The van der Waals surface area contributed by atoms with Crippen molar-refractivity contribution in [2.45, 2.75) is 59.3 Å². The predicted octanol–water partition coefficient (Wildman–Crippen LogP) is 4.65. The van der Waals surface area contributed by atoms with Crippen LogP contribution in [0, 0.1) is 11.8 Å². The van der Waals surface area contributed by atoms with Gasteiger partial charge < -0.3 is 4.42 Å². The molecular weight excluding hydrogens is 386 g/mol. The highest BCUT2D eigenvalue weighted by atomic mass is 32.2. The molecule has 162 valence electrons. The van der Waals surface area contributed by atoms with Gasteiger partial charge in [0.1, 0.15) is 5.52 Å². The van der Waals surface area contributed by atoms with Crippen LogP contribution in [0.1, 0.15) is 65.2 Å². The Kier molecular flexibility index (Phi) is 7.35. The van der Waals surface area contributed by atoms with Crippen molar-refractivity contribution in [3.8, 4) is 0 Å². The molecule has 0 N–H and O–H groups in total. The number of piperidine rings is 1. The van der Waals surface area contributed by atoms with Gasteiger partial charge in [-0.2, -0.15) is 17.0 Å². The van der Waals surface area contributed by atoms with E-state index in [2.05, 4.69) is 32.7 Å². The summed E-state index contributed by atoms with van der Waals surface area (Å²) < 4.78 is 36.2. The zero-order chi connectivity index (χ0) is 21.0. The molecule has 29 heavy (non-hydrogen) atoms. The van der Waals surface area contributed by atoms with E-state index in [0.717, 1.165) is 36.8 Å². The van der Waals surface area contributed by atoms with Crippen LogP contribution in [-0.4, -0.2) is 48.2 Å². The lowest BCUT2D eigenvalue weighted by molar-refractivity contribution is 0.258. The van der Waals surface area contributed by atoms with Crippen molar-refractivity contribution in [3.63, 3.8) is 0 Å². The average Bonchev–Trinajstić information content (AvgIpc) is 3.11. The summed E-state index contributed by atoms with van der Waals surface area (Å²) in [6.07, 6.45) is 3.47. The highest BCUT2D eigenvalue weighted by molar-refractivity contribution is 7.86. The highest BCUT2D eigenvalue weighted by Crippen LogP contribution is 2.31. The summed E-state index contributed by atoms with van der Waals surface area (Å²) >= 11 is 0. The Morgan fingerprint density at radius 2 is 1.79 bits per heavy atom. The maximum absolute atomic E-state index is 13.5. The van der Waals surface area contributed by atoms with Gasteiger partial charge in [-0.1, -0.05) is 39.8 Å². The largest absolute Gasteiger partial charge is 0.440 e. The van der Waals surface area contributed by atoms with Gasteiger partial charge in [0.2, 0.25) is 0 Å². The van der Waals surface area contributed by atoms with E-state index in [-0.39, 0.29) is 5.92 Å². The number of hydrogen-bond donors (Lipinski definition) is 0. The normalized spacial score (nSPS) is 19.1. The molecule has 1 aliphatic heterocycles. The molecule has 6 nitrogen and oxygen atoms in total. The van der Waals surface area contributed by atoms with E-state index in [0.29, 0.717) is 43.9 Å². The van der Waals surface area contributed by atoms with Gasteiger partial charge in [0.15, 0.2) is 11.5 Å². The van der Waals surface area contributed by atoms with E-state index < -0.39 is 10.2 Å². The first-order valence-corrected chi connectivity index (χ1v) is 12.3. The first-order chi connectivity index (χ1) is 13.8. The highest BCUT2D eigenvalue weighted by Gasteiger charge is 2.35. The summed E-state index contributed by atoms with van der Waals surface area (Å²) in [6, 6.07) is 7.70. The molecule has 3 rings (SSSR count). The zero-order valence-corrected chi connectivity index (χ0v) is 19.0. The summed E-state index contributed by atoms with van der Waals surface area (Å²) in [5, 5.41) is 0. The zero-order valence-electron chi connectivity index (χ0n) is 18.2. The third-order valence-corrected chi connectivity index (χ3v) is 7.61. The molecule has 0 aliphatic carbocycles. The summed E-state index contributed by atoms with van der Waals surface area (Å²) in [5.74, 6) is 1.60. The molecular formula is C22H35N3O3S. The first-order valence-electron chi connectivity index (χ1n) is 10.9. The first kappa shape index (κ1) is 22.2. The van der Waals surface area contributed by atoms with Gasteiger partial charge in [0.25, 0.3) is 10.2 Å². The van der Waals surface area contributed by atoms with Crippen LogP contribution in [0.3, 0.4) is 0 Å². The maximum Gasteiger partial charge on any atom is 0.281 e. The van der Waals surface area contributed by atoms with Crippen molar-refractivity contribution in [2.24, 2.45) is 11.8 Å². The number of hydrogen-bond acceptors (Lipinski definition) is 4. The number of rotatable bonds is 9. The van der Waals surface area contributed by atoms with Crippen LogP contribution < -0.4 is 0 Å².